The highest BCUT2D eigenvalue weighted by Crippen LogP contribution is 2.14. The Kier molecular flexibility index (Phi) is 4.12. The third kappa shape index (κ3) is 3.13. The molecule has 1 aromatic heterocycles. The number of nitrogens with zero attached hydrogens (tertiary/aromatic N) is 2. The Morgan fingerprint density at radius 1 is 1.09 bits per heavy atom. The monoisotopic (exact) mass is 309 g/mol. The van der Waals surface area contributed by atoms with Crippen LogP contribution in [0.4, 0.5) is 0 Å². The van der Waals surface area contributed by atoms with E-state index in [-0.39, 0.29) is 5.91 Å². The van der Waals surface area contributed by atoms with Crippen molar-refractivity contribution in [3.63, 3.8) is 0 Å². The van der Waals surface area contributed by atoms with E-state index in [0.717, 1.165) is 16.5 Å². The molecule has 0 aliphatic carbocycles. The molecular formula is C17H12ClN3O. The first-order valence-corrected chi connectivity index (χ1v) is 7.04. The van der Waals surface area contributed by atoms with Gasteiger partial charge in [0, 0.05) is 27.7 Å². The SMILES string of the molecule is O=C(N/N=C\c1cccc2cccnc12)c1ccc(Cl)cc1. The molecule has 2 aromatic carbocycles. The molecule has 0 saturated heterocycles. The molecule has 22 heavy (non-hydrogen) atoms. The van der Waals surface area contributed by atoms with Gasteiger partial charge in [-0.2, -0.15) is 5.10 Å². The van der Waals surface area contributed by atoms with E-state index >= 15 is 0 Å². The van der Waals surface area contributed by atoms with Gasteiger partial charge in [0.25, 0.3) is 5.91 Å². The Morgan fingerprint density at radius 2 is 1.86 bits per heavy atom. The number of hydrogen-bond acceptors (Lipinski definition) is 3. The lowest BCUT2D eigenvalue weighted by Crippen LogP contribution is -2.17. The summed E-state index contributed by atoms with van der Waals surface area (Å²) < 4.78 is 0. The number of hydrazone groups is 1. The van der Waals surface area contributed by atoms with E-state index in [2.05, 4.69) is 15.5 Å². The van der Waals surface area contributed by atoms with Crippen molar-refractivity contribution in [2.24, 2.45) is 5.10 Å². The van der Waals surface area contributed by atoms with Crippen LogP contribution >= 0.6 is 11.6 Å². The Balaban J connectivity index is 1.76. The summed E-state index contributed by atoms with van der Waals surface area (Å²) in [7, 11) is 0. The molecule has 0 bridgehead atoms. The van der Waals surface area contributed by atoms with Gasteiger partial charge >= 0.3 is 0 Å². The van der Waals surface area contributed by atoms with Gasteiger partial charge in [-0.3, -0.25) is 9.78 Å². The second-order valence-corrected chi connectivity index (χ2v) is 5.06. The first-order chi connectivity index (χ1) is 10.7. The van der Waals surface area contributed by atoms with Gasteiger partial charge in [-0.15, -0.1) is 0 Å². The number of carbonyl (C=O) groups excluding carboxylic acids is 1. The van der Waals surface area contributed by atoms with Crippen molar-refractivity contribution < 1.29 is 4.79 Å². The largest absolute Gasteiger partial charge is 0.271 e. The number of rotatable bonds is 3. The van der Waals surface area contributed by atoms with E-state index in [4.69, 9.17) is 11.6 Å². The minimum atomic E-state index is -0.291. The Morgan fingerprint density at radius 3 is 2.68 bits per heavy atom. The van der Waals surface area contributed by atoms with Gasteiger partial charge in [0.2, 0.25) is 0 Å². The van der Waals surface area contributed by atoms with Gasteiger partial charge in [0.1, 0.15) is 0 Å². The molecule has 0 saturated carbocycles. The number of carbonyl (C=O) groups is 1. The van der Waals surface area contributed by atoms with Crippen LogP contribution in [-0.4, -0.2) is 17.1 Å². The smallest absolute Gasteiger partial charge is 0.267 e. The molecule has 108 valence electrons. The van der Waals surface area contributed by atoms with Gasteiger partial charge in [0.15, 0.2) is 0 Å². The maximum Gasteiger partial charge on any atom is 0.271 e. The fourth-order valence-electron chi connectivity index (χ4n) is 2.06. The lowest BCUT2D eigenvalue weighted by Gasteiger charge is -2.01. The van der Waals surface area contributed by atoms with E-state index < -0.39 is 0 Å². The highest BCUT2D eigenvalue weighted by molar-refractivity contribution is 6.30. The lowest BCUT2D eigenvalue weighted by molar-refractivity contribution is 0.0955. The Hall–Kier alpha value is -2.72. The summed E-state index contributed by atoms with van der Waals surface area (Å²) in [5, 5.41) is 5.60. The number of halogens is 1. The van der Waals surface area contributed by atoms with Crippen molar-refractivity contribution in [3.8, 4) is 0 Å². The molecule has 1 amide bonds. The standard InChI is InChI=1S/C17H12ClN3O/c18-15-8-6-13(7-9-15)17(22)21-20-11-14-4-1-3-12-5-2-10-19-16(12)14/h1-11H,(H,21,22)/b20-11-. The van der Waals surface area contributed by atoms with Crippen LogP contribution in [0.2, 0.25) is 5.02 Å². The minimum Gasteiger partial charge on any atom is -0.267 e. The van der Waals surface area contributed by atoms with Crippen molar-refractivity contribution >= 4 is 34.6 Å². The lowest BCUT2D eigenvalue weighted by atomic mass is 10.1. The number of hydrogen-bond donors (Lipinski definition) is 1. The van der Waals surface area contributed by atoms with E-state index in [1.807, 2.05) is 30.3 Å². The van der Waals surface area contributed by atoms with Crippen molar-refractivity contribution in [1.29, 1.82) is 0 Å². The average Bonchev–Trinajstić information content (AvgIpc) is 2.55. The zero-order valence-electron chi connectivity index (χ0n) is 11.5. The van der Waals surface area contributed by atoms with Gasteiger partial charge in [-0.05, 0) is 30.3 Å². The Labute approximate surface area is 132 Å². The number of pyridine rings is 1. The van der Waals surface area contributed by atoms with Crippen LogP contribution in [0, 0.1) is 0 Å². The molecule has 0 spiro atoms. The van der Waals surface area contributed by atoms with E-state index in [1.165, 1.54) is 0 Å². The molecule has 3 rings (SSSR count). The van der Waals surface area contributed by atoms with Crippen LogP contribution < -0.4 is 5.43 Å². The van der Waals surface area contributed by atoms with E-state index in [9.17, 15) is 4.79 Å². The number of amides is 1. The predicted octanol–water partition coefficient (Wildman–Crippen LogP) is 3.65. The van der Waals surface area contributed by atoms with Crippen molar-refractivity contribution in [1.82, 2.24) is 10.4 Å². The Bertz CT molecular complexity index is 839. The molecule has 0 unspecified atom stereocenters. The highest BCUT2D eigenvalue weighted by Gasteiger charge is 2.03. The second-order valence-electron chi connectivity index (χ2n) is 4.63. The molecule has 0 aliphatic heterocycles. The number of para-hydroxylation sites is 1. The summed E-state index contributed by atoms with van der Waals surface area (Å²) >= 11 is 5.79. The molecule has 0 aliphatic rings. The van der Waals surface area contributed by atoms with Crippen LogP contribution in [0.25, 0.3) is 10.9 Å². The zero-order chi connectivity index (χ0) is 15.4. The molecule has 0 atom stereocenters. The summed E-state index contributed by atoms with van der Waals surface area (Å²) in [6, 6.07) is 16.3. The molecule has 1 heterocycles. The maximum absolute atomic E-state index is 11.9. The predicted molar refractivity (Wildman–Crippen MR) is 88.3 cm³/mol. The highest BCUT2D eigenvalue weighted by atomic mass is 35.5. The number of fused-ring (bicyclic) bond motifs is 1. The van der Waals surface area contributed by atoms with Crippen molar-refractivity contribution in [2.75, 3.05) is 0 Å². The number of nitrogens with one attached hydrogen (secondary N) is 1. The average molecular weight is 310 g/mol. The third-order valence-electron chi connectivity index (χ3n) is 3.14. The maximum atomic E-state index is 11.9. The summed E-state index contributed by atoms with van der Waals surface area (Å²) in [5.41, 5.74) is 4.67. The van der Waals surface area contributed by atoms with Gasteiger partial charge in [-0.25, -0.2) is 5.43 Å². The first-order valence-electron chi connectivity index (χ1n) is 6.67. The summed E-state index contributed by atoms with van der Waals surface area (Å²) in [4.78, 5) is 16.3. The van der Waals surface area contributed by atoms with Crippen LogP contribution in [0.5, 0.6) is 0 Å². The summed E-state index contributed by atoms with van der Waals surface area (Å²) in [5.74, 6) is -0.291. The first kappa shape index (κ1) is 14.2. The van der Waals surface area contributed by atoms with Crippen LogP contribution in [0.15, 0.2) is 65.9 Å². The molecule has 1 N–H and O–H groups in total. The minimum absolute atomic E-state index is 0.291. The van der Waals surface area contributed by atoms with Crippen molar-refractivity contribution in [2.45, 2.75) is 0 Å². The van der Waals surface area contributed by atoms with Crippen LogP contribution in [-0.2, 0) is 0 Å². The molecule has 0 radical (unpaired) electrons. The number of aromatic nitrogens is 1. The normalized spacial score (nSPS) is 11.0. The van der Waals surface area contributed by atoms with Crippen LogP contribution in [0.1, 0.15) is 15.9 Å². The quantitative estimate of drug-likeness (QED) is 0.593. The summed E-state index contributed by atoms with van der Waals surface area (Å²) in [6.07, 6.45) is 3.31. The fourth-order valence-corrected chi connectivity index (χ4v) is 2.18. The van der Waals surface area contributed by atoms with Gasteiger partial charge in [-0.1, -0.05) is 35.9 Å². The molecule has 0 fully saturated rings. The third-order valence-corrected chi connectivity index (χ3v) is 3.39. The second kappa shape index (κ2) is 6.37. The van der Waals surface area contributed by atoms with Crippen LogP contribution in [0.3, 0.4) is 0 Å². The molecule has 4 nitrogen and oxygen atoms in total. The fraction of sp³-hybridized carbons (Fsp3) is 0. The zero-order valence-corrected chi connectivity index (χ0v) is 12.3. The van der Waals surface area contributed by atoms with E-state index in [0.29, 0.717) is 10.6 Å². The molecule has 5 heteroatoms. The summed E-state index contributed by atoms with van der Waals surface area (Å²) in [6.45, 7) is 0. The van der Waals surface area contributed by atoms with Gasteiger partial charge in [0.05, 0.1) is 11.7 Å². The van der Waals surface area contributed by atoms with Gasteiger partial charge < -0.3 is 0 Å². The van der Waals surface area contributed by atoms with E-state index in [1.54, 1.807) is 36.7 Å². The topological polar surface area (TPSA) is 54.4 Å². The van der Waals surface area contributed by atoms with Crippen molar-refractivity contribution in [3.05, 3.63) is 76.9 Å². The number of benzene rings is 2. The molecule has 3 aromatic rings. The molecular weight excluding hydrogens is 298 g/mol.